The van der Waals surface area contributed by atoms with Crippen molar-refractivity contribution >= 4 is 17.3 Å². The third-order valence-corrected chi connectivity index (χ3v) is 4.14. The number of aromatic nitrogens is 3. The Hall–Kier alpha value is -1.90. The van der Waals surface area contributed by atoms with Crippen LogP contribution in [0.2, 0.25) is 0 Å². The first-order valence-corrected chi connectivity index (χ1v) is 8.80. The zero-order valence-corrected chi connectivity index (χ0v) is 15.1. The van der Waals surface area contributed by atoms with Gasteiger partial charge in [-0.15, -0.1) is 0 Å². The molecule has 8 heteroatoms. The van der Waals surface area contributed by atoms with Crippen molar-refractivity contribution in [3.63, 3.8) is 0 Å². The van der Waals surface area contributed by atoms with Gasteiger partial charge < -0.3 is 26.0 Å². The number of fused-ring (bicyclic) bond motifs is 1. The highest BCUT2D eigenvalue weighted by Crippen LogP contribution is 2.24. The molecule has 0 aromatic carbocycles. The maximum atomic E-state index is 9.80. The average Bonchev–Trinajstić information content (AvgIpc) is 3.03. The summed E-state index contributed by atoms with van der Waals surface area (Å²) in [5.74, 6) is 1.57. The quantitative estimate of drug-likeness (QED) is 0.408. The highest BCUT2D eigenvalue weighted by Gasteiger charge is 2.20. The largest absolute Gasteiger partial charge is 0.394 e. The van der Waals surface area contributed by atoms with Crippen LogP contribution in [0.1, 0.15) is 45.1 Å². The lowest BCUT2D eigenvalue weighted by molar-refractivity contribution is 0.0612. The minimum atomic E-state index is -1.07. The minimum Gasteiger partial charge on any atom is -0.394 e. The Labute approximate surface area is 147 Å². The van der Waals surface area contributed by atoms with Crippen molar-refractivity contribution in [3.05, 3.63) is 17.8 Å². The number of aliphatic hydroxyl groups excluding tert-OH is 3. The summed E-state index contributed by atoms with van der Waals surface area (Å²) in [5, 5.41) is 39.2. The fourth-order valence-corrected chi connectivity index (χ4v) is 2.56. The first-order chi connectivity index (χ1) is 12.0. The number of anilines is 2. The molecule has 5 N–H and O–H groups in total. The van der Waals surface area contributed by atoms with Gasteiger partial charge in [-0.2, -0.15) is 9.61 Å². The fourth-order valence-electron chi connectivity index (χ4n) is 2.56. The van der Waals surface area contributed by atoms with Gasteiger partial charge in [0.25, 0.3) is 0 Å². The highest BCUT2D eigenvalue weighted by molar-refractivity contribution is 5.61. The van der Waals surface area contributed by atoms with Crippen molar-refractivity contribution in [2.45, 2.75) is 51.7 Å². The van der Waals surface area contributed by atoms with E-state index in [1.54, 1.807) is 10.6 Å². The average molecular weight is 351 g/mol. The first kappa shape index (κ1) is 19.4. The van der Waals surface area contributed by atoms with Gasteiger partial charge in [-0.3, -0.25) is 0 Å². The maximum Gasteiger partial charge on any atom is 0.163 e. The second-order valence-electron chi connectivity index (χ2n) is 6.48. The van der Waals surface area contributed by atoms with Crippen LogP contribution in [-0.2, 0) is 0 Å². The molecule has 0 amide bonds. The SMILES string of the molecule is CCCCNc1cc(N[C@@H](CO)[C@H](O)CO)nc2c(C(C)C)cnn12. The van der Waals surface area contributed by atoms with Crippen LogP contribution in [0, 0.1) is 0 Å². The molecule has 0 bridgehead atoms. The predicted octanol–water partition coefficient (Wildman–Crippen LogP) is 1.19. The lowest BCUT2D eigenvalue weighted by Gasteiger charge is -2.22. The Morgan fingerprint density at radius 1 is 1.24 bits per heavy atom. The van der Waals surface area contributed by atoms with Crippen LogP contribution in [0.25, 0.3) is 5.65 Å². The Balaban J connectivity index is 2.39. The van der Waals surface area contributed by atoms with Crippen molar-refractivity contribution in [2.24, 2.45) is 0 Å². The zero-order chi connectivity index (χ0) is 18.4. The van der Waals surface area contributed by atoms with Crippen LogP contribution < -0.4 is 10.6 Å². The lowest BCUT2D eigenvalue weighted by atomic mass is 10.1. The molecule has 25 heavy (non-hydrogen) atoms. The van der Waals surface area contributed by atoms with E-state index in [-0.39, 0.29) is 12.5 Å². The van der Waals surface area contributed by atoms with E-state index < -0.39 is 18.8 Å². The lowest BCUT2D eigenvalue weighted by Crippen LogP contribution is -2.39. The number of hydrogen-bond donors (Lipinski definition) is 5. The number of unbranched alkanes of at least 4 members (excludes halogenated alkanes) is 1. The monoisotopic (exact) mass is 351 g/mol. The summed E-state index contributed by atoms with van der Waals surface area (Å²) in [4.78, 5) is 4.60. The van der Waals surface area contributed by atoms with Gasteiger partial charge in [-0.1, -0.05) is 27.2 Å². The molecule has 8 nitrogen and oxygen atoms in total. The molecule has 0 fully saturated rings. The summed E-state index contributed by atoms with van der Waals surface area (Å²) in [5.41, 5.74) is 1.75. The van der Waals surface area contributed by atoms with E-state index in [1.165, 1.54) is 0 Å². The second-order valence-corrected chi connectivity index (χ2v) is 6.48. The molecule has 2 aromatic rings. The van der Waals surface area contributed by atoms with E-state index in [0.29, 0.717) is 5.82 Å². The second kappa shape index (κ2) is 8.98. The smallest absolute Gasteiger partial charge is 0.163 e. The van der Waals surface area contributed by atoms with Crippen molar-refractivity contribution in [3.8, 4) is 0 Å². The van der Waals surface area contributed by atoms with Crippen molar-refractivity contribution in [1.82, 2.24) is 14.6 Å². The molecular weight excluding hydrogens is 322 g/mol. The van der Waals surface area contributed by atoms with Crippen LogP contribution in [0.3, 0.4) is 0 Å². The van der Waals surface area contributed by atoms with E-state index in [9.17, 15) is 10.2 Å². The van der Waals surface area contributed by atoms with E-state index in [1.807, 2.05) is 6.20 Å². The van der Waals surface area contributed by atoms with Crippen molar-refractivity contribution in [2.75, 3.05) is 30.4 Å². The summed E-state index contributed by atoms with van der Waals surface area (Å²) < 4.78 is 1.77. The molecule has 2 atom stereocenters. The molecule has 2 heterocycles. The molecule has 0 saturated heterocycles. The molecule has 0 aliphatic heterocycles. The Morgan fingerprint density at radius 3 is 2.60 bits per heavy atom. The van der Waals surface area contributed by atoms with Crippen LogP contribution in [0.15, 0.2) is 12.3 Å². The van der Waals surface area contributed by atoms with Crippen LogP contribution in [-0.4, -0.2) is 61.8 Å². The fraction of sp³-hybridized carbons (Fsp3) is 0.647. The van der Waals surface area contributed by atoms with Crippen LogP contribution in [0.5, 0.6) is 0 Å². The normalized spacial score (nSPS) is 14.0. The topological polar surface area (TPSA) is 115 Å². The molecule has 0 aliphatic rings. The van der Waals surface area contributed by atoms with Gasteiger partial charge in [-0.25, -0.2) is 4.98 Å². The Bertz CT molecular complexity index is 674. The molecule has 2 aromatic heterocycles. The Morgan fingerprint density at radius 2 is 2.00 bits per heavy atom. The van der Waals surface area contributed by atoms with E-state index in [2.05, 4.69) is 41.5 Å². The molecule has 0 radical (unpaired) electrons. The molecule has 0 spiro atoms. The highest BCUT2D eigenvalue weighted by atomic mass is 16.3. The number of aliphatic hydroxyl groups is 3. The van der Waals surface area contributed by atoms with Gasteiger partial charge in [0.1, 0.15) is 11.6 Å². The molecule has 2 rings (SSSR count). The van der Waals surface area contributed by atoms with Gasteiger partial charge in [-0.05, 0) is 12.3 Å². The van der Waals surface area contributed by atoms with Gasteiger partial charge in [0.15, 0.2) is 5.65 Å². The summed E-state index contributed by atoms with van der Waals surface area (Å²) >= 11 is 0. The predicted molar refractivity (Wildman–Crippen MR) is 98.1 cm³/mol. The zero-order valence-electron chi connectivity index (χ0n) is 15.1. The molecule has 0 unspecified atom stereocenters. The van der Waals surface area contributed by atoms with Gasteiger partial charge in [0, 0.05) is 18.2 Å². The molecule has 0 saturated carbocycles. The van der Waals surface area contributed by atoms with E-state index in [4.69, 9.17) is 5.11 Å². The number of nitrogens with zero attached hydrogens (tertiary/aromatic N) is 3. The molecule has 0 aliphatic carbocycles. The number of nitrogens with one attached hydrogen (secondary N) is 2. The summed E-state index contributed by atoms with van der Waals surface area (Å²) in [6.45, 7) is 6.35. The number of rotatable bonds is 10. The van der Waals surface area contributed by atoms with E-state index >= 15 is 0 Å². The van der Waals surface area contributed by atoms with Gasteiger partial charge in [0.2, 0.25) is 0 Å². The van der Waals surface area contributed by atoms with Crippen molar-refractivity contribution < 1.29 is 15.3 Å². The van der Waals surface area contributed by atoms with Crippen LogP contribution in [0.4, 0.5) is 11.6 Å². The van der Waals surface area contributed by atoms with E-state index in [0.717, 1.165) is 36.4 Å². The summed E-state index contributed by atoms with van der Waals surface area (Å²) in [6, 6.07) is 1.10. The molecular formula is C17H29N5O3. The minimum absolute atomic E-state index is 0.264. The maximum absolute atomic E-state index is 9.80. The third kappa shape index (κ3) is 4.59. The van der Waals surface area contributed by atoms with Crippen LogP contribution >= 0.6 is 0 Å². The summed E-state index contributed by atoms with van der Waals surface area (Å²) in [7, 11) is 0. The third-order valence-electron chi connectivity index (χ3n) is 4.14. The standard InChI is InChI=1S/C17H29N5O3/c1-4-5-6-18-16-7-15(20-13(9-23)14(25)10-24)21-17-12(11(2)3)8-19-22(16)17/h7-8,11,13-14,18,23-25H,4-6,9-10H2,1-3H3,(H,20,21)/t13-,14+/m0/s1. The van der Waals surface area contributed by atoms with Gasteiger partial charge in [0.05, 0.1) is 31.6 Å². The number of hydrogen-bond acceptors (Lipinski definition) is 7. The van der Waals surface area contributed by atoms with Gasteiger partial charge >= 0.3 is 0 Å². The molecule has 140 valence electrons. The first-order valence-electron chi connectivity index (χ1n) is 8.80. The summed E-state index contributed by atoms with van der Waals surface area (Å²) in [6.07, 6.45) is 2.85. The van der Waals surface area contributed by atoms with Crippen molar-refractivity contribution in [1.29, 1.82) is 0 Å². The Kier molecular flexibility index (Phi) is 6.98.